The molecule has 0 heterocycles. The molecule has 0 fully saturated rings. The molecule has 0 saturated heterocycles. The standard InChI is InChI=1S/C20H19F2N3O4/c1-29-15-5-3-2-4-13(15)9-6-12-7-10-14(11-8-12)19(26)24-17(20(27)25-28)16(23)18(21)22/h2-5,7-8,10-11,16-18,28H,23H2,1H3,(H,24,26)(H,25,27)/t16?,17-/m0/s1. The second-order valence-electron chi connectivity index (χ2n) is 5.87. The summed E-state index contributed by atoms with van der Waals surface area (Å²) in [6.07, 6.45) is -3.08. The molecule has 2 amide bonds. The van der Waals surface area contributed by atoms with Gasteiger partial charge in [-0.25, -0.2) is 14.3 Å². The summed E-state index contributed by atoms with van der Waals surface area (Å²) in [5, 5.41) is 10.8. The average Bonchev–Trinajstić information content (AvgIpc) is 2.75. The van der Waals surface area contributed by atoms with Gasteiger partial charge in [0, 0.05) is 11.1 Å². The molecule has 0 aliphatic heterocycles. The van der Waals surface area contributed by atoms with Gasteiger partial charge in [-0.15, -0.1) is 0 Å². The van der Waals surface area contributed by atoms with Crippen molar-refractivity contribution < 1.29 is 28.3 Å². The lowest BCUT2D eigenvalue weighted by Gasteiger charge is -2.22. The number of hydrogen-bond donors (Lipinski definition) is 4. The van der Waals surface area contributed by atoms with E-state index in [2.05, 4.69) is 17.2 Å². The van der Waals surface area contributed by atoms with E-state index < -0.39 is 30.3 Å². The molecule has 0 radical (unpaired) electrons. The highest BCUT2D eigenvalue weighted by Crippen LogP contribution is 2.16. The second-order valence-corrected chi connectivity index (χ2v) is 5.87. The fraction of sp³-hybridized carbons (Fsp3) is 0.200. The van der Waals surface area contributed by atoms with Crippen LogP contribution in [0.15, 0.2) is 48.5 Å². The Morgan fingerprint density at radius 1 is 1.10 bits per heavy atom. The molecular weight excluding hydrogens is 384 g/mol. The van der Waals surface area contributed by atoms with E-state index in [1.807, 2.05) is 12.1 Å². The zero-order valence-electron chi connectivity index (χ0n) is 15.4. The summed E-state index contributed by atoms with van der Waals surface area (Å²) in [4.78, 5) is 23.8. The number of methoxy groups -OCH3 is 1. The van der Waals surface area contributed by atoms with Crippen LogP contribution in [0.1, 0.15) is 21.5 Å². The van der Waals surface area contributed by atoms with Gasteiger partial charge in [0.05, 0.1) is 18.7 Å². The van der Waals surface area contributed by atoms with Crippen LogP contribution in [0.4, 0.5) is 8.78 Å². The van der Waals surface area contributed by atoms with Crippen LogP contribution in [0, 0.1) is 11.8 Å². The van der Waals surface area contributed by atoms with Gasteiger partial charge in [0.25, 0.3) is 18.2 Å². The summed E-state index contributed by atoms with van der Waals surface area (Å²) in [7, 11) is 1.54. The third-order valence-electron chi connectivity index (χ3n) is 3.95. The van der Waals surface area contributed by atoms with E-state index in [1.165, 1.54) is 24.7 Å². The Labute approximate surface area is 165 Å². The molecule has 9 heteroatoms. The number of rotatable bonds is 6. The first-order chi connectivity index (χ1) is 13.9. The quantitative estimate of drug-likeness (QED) is 0.330. The molecule has 152 valence electrons. The van der Waals surface area contributed by atoms with Crippen molar-refractivity contribution in [3.63, 3.8) is 0 Å². The van der Waals surface area contributed by atoms with Crippen LogP contribution in [0.5, 0.6) is 5.75 Å². The van der Waals surface area contributed by atoms with Gasteiger partial charge in [-0.2, -0.15) is 0 Å². The Bertz CT molecular complexity index is 923. The van der Waals surface area contributed by atoms with Crippen molar-refractivity contribution in [2.45, 2.75) is 18.5 Å². The molecule has 1 unspecified atom stereocenters. The first kappa shape index (κ1) is 21.8. The highest BCUT2D eigenvalue weighted by atomic mass is 19.3. The summed E-state index contributed by atoms with van der Waals surface area (Å²) in [5.74, 6) is 4.45. The fourth-order valence-electron chi connectivity index (χ4n) is 2.37. The third kappa shape index (κ3) is 5.75. The third-order valence-corrected chi connectivity index (χ3v) is 3.95. The average molecular weight is 403 g/mol. The first-order valence-electron chi connectivity index (χ1n) is 8.41. The van der Waals surface area contributed by atoms with Crippen molar-refractivity contribution in [2.75, 3.05) is 7.11 Å². The number of ether oxygens (including phenoxy) is 1. The lowest BCUT2D eigenvalue weighted by Crippen LogP contribution is -2.58. The number of halogens is 2. The Hall–Kier alpha value is -3.48. The number of benzene rings is 2. The smallest absolute Gasteiger partial charge is 0.267 e. The summed E-state index contributed by atoms with van der Waals surface area (Å²) in [5.41, 5.74) is 7.84. The van der Waals surface area contributed by atoms with Gasteiger partial charge in [0.15, 0.2) is 0 Å². The molecule has 2 aromatic carbocycles. The lowest BCUT2D eigenvalue weighted by molar-refractivity contribution is -0.132. The van der Waals surface area contributed by atoms with Crippen molar-refractivity contribution in [1.29, 1.82) is 0 Å². The number of nitrogens with two attached hydrogens (primary N) is 1. The van der Waals surface area contributed by atoms with Crippen molar-refractivity contribution in [3.05, 3.63) is 65.2 Å². The van der Waals surface area contributed by atoms with E-state index in [0.29, 0.717) is 16.9 Å². The summed E-state index contributed by atoms with van der Waals surface area (Å²) >= 11 is 0. The van der Waals surface area contributed by atoms with E-state index in [1.54, 1.807) is 24.3 Å². The number of hydrogen-bond acceptors (Lipinski definition) is 5. The van der Waals surface area contributed by atoms with Crippen LogP contribution in [-0.4, -0.2) is 42.6 Å². The number of carbonyl (C=O) groups excluding carboxylic acids is 2. The molecule has 7 nitrogen and oxygen atoms in total. The Morgan fingerprint density at radius 3 is 2.34 bits per heavy atom. The van der Waals surface area contributed by atoms with E-state index in [9.17, 15) is 18.4 Å². The zero-order chi connectivity index (χ0) is 21.4. The van der Waals surface area contributed by atoms with E-state index in [-0.39, 0.29) is 5.56 Å². The molecule has 0 bridgehead atoms. The SMILES string of the molecule is COc1ccccc1C#Cc1ccc(C(=O)N[C@H](C(=O)NO)C(N)C(F)F)cc1. The monoisotopic (exact) mass is 403 g/mol. The van der Waals surface area contributed by atoms with Gasteiger partial charge in [0.2, 0.25) is 0 Å². The molecule has 5 N–H and O–H groups in total. The molecule has 29 heavy (non-hydrogen) atoms. The van der Waals surface area contributed by atoms with Gasteiger partial charge in [0.1, 0.15) is 11.8 Å². The molecule has 2 atom stereocenters. The van der Waals surface area contributed by atoms with Gasteiger partial charge >= 0.3 is 0 Å². The largest absolute Gasteiger partial charge is 0.495 e. The van der Waals surface area contributed by atoms with E-state index in [0.717, 1.165) is 0 Å². The summed E-state index contributed by atoms with van der Waals surface area (Å²) in [6, 6.07) is 9.39. The van der Waals surface area contributed by atoms with Crippen molar-refractivity contribution in [1.82, 2.24) is 10.8 Å². The Kier molecular flexibility index (Phi) is 7.65. The maximum absolute atomic E-state index is 12.8. The predicted molar refractivity (Wildman–Crippen MR) is 101 cm³/mol. The summed E-state index contributed by atoms with van der Waals surface area (Å²) in [6.45, 7) is 0. The molecule has 0 spiro atoms. The van der Waals surface area contributed by atoms with Gasteiger partial charge in [-0.3, -0.25) is 14.8 Å². The van der Waals surface area contributed by atoms with E-state index >= 15 is 0 Å². The van der Waals surface area contributed by atoms with Crippen molar-refractivity contribution in [3.8, 4) is 17.6 Å². The van der Waals surface area contributed by atoms with Gasteiger partial charge < -0.3 is 15.8 Å². The van der Waals surface area contributed by atoms with Crippen LogP contribution in [0.25, 0.3) is 0 Å². The molecule has 2 rings (SSSR count). The topological polar surface area (TPSA) is 114 Å². The number of para-hydroxylation sites is 1. The van der Waals surface area contributed by atoms with Crippen molar-refractivity contribution >= 4 is 11.8 Å². The van der Waals surface area contributed by atoms with Crippen LogP contribution >= 0.6 is 0 Å². The lowest BCUT2D eigenvalue weighted by atomic mass is 10.1. The normalized spacial score (nSPS) is 12.3. The fourth-order valence-corrected chi connectivity index (χ4v) is 2.37. The Balaban J connectivity index is 2.14. The highest BCUT2D eigenvalue weighted by molar-refractivity contribution is 5.97. The molecule has 0 aliphatic carbocycles. The minimum Gasteiger partial charge on any atom is -0.495 e. The second kappa shape index (κ2) is 10.2. The summed E-state index contributed by atoms with van der Waals surface area (Å²) < 4.78 is 30.8. The van der Waals surface area contributed by atoms with Crippen LogP contribution < -0.4 is 21.3 Å². The Morgan fingerprint density at radius 2 is 1.76 bits per heavy atom. The van der Waals surface area contributed by atoms with Crippen LogP contribution in [0.2, 0.25) is 0 Å². The number of amides is 2. The van der Waals surface area contributed by atoms with Crippen LogP contribution in [-0.2, 0) is 4.79 Å². The number of carbonyl (C=O) groups is 2. The first-order valence-corrected chi connectivity index (χ1v) is 8.41. The number of nitrogens with one attached hydrogen (secondary N) is 2. The predicted octanol–water partition coefficient (Wildman–Crippen LogP) is 1.29. The minimum absolute atomic E-state index is 0.102. The molecule has 0 aromatic heterocycles. The molecule has 0 saturated carbocycles. The van der Waals surface area contributed by atoms with Crippen LogP contribution in [0.3, 0.4) is 0 Å². The molecule has 2 aromatic rings. The van der Waals surface area contributed by atoms with Gasteiger partial charge in [-0.1, -0.05) is 24.0 Å². The maximum atomic E-state index is 12.8. The molecular formula is C20H19F2N3O4. The number of alkyl halides is 2. The van der Waals surface area contributed by atoms with Crippen molar-refractivity contribution in [2.24, 2.45) is 5.73 Å². The molecule has 0 aliphatic rings. The minimum atomic E-state index is -3.08. The zero-order valence-corrected chi connectivity index (χ0v) is 15.4. The maximum Gasteiger partial charge on any atom is 0.267 e. The van der Waals surface area contributed by atoms with Gasteiger partial charge in [-0.05, 0) is 36.4 Å². The van der Waals surface area contributed by atoms with E-state index in [4.69, 9.17) is 15.7 Å². The number of hydroxylamine groups is 1. The highest BCUT2D eigenvalue weighted by Gasteiger charge is 2.33.